The summed E-state index contributed by atoms with van der Waals surface area (Å²) in [6.07, 6.45) is 3.75. The van der Waals surface area contributed by atoms with Crippen LogP contribution < -0.4 is 4.74 Å². The zero-order valence-electron chi connectivity index (χ0n) is 15.0. The van der Waals surface area contributed by atoms with Gasteiger partial charge in [-0.05, 0) is 43.9 Å². The highest BCUT2D eigenvalue weighted by Crippen LogP contribution is 2.45. The second-order valence-electron chi connectivity index (χ2n) is 6.57. The summed E-state index contributed by atoms with van der Waals surface area (Å²) in [4.78, 5) is 25.2. The molecule has 0 bridgehead atoms. The van der Waals surface area contributed by atoms with E-state index in [-0.39, 0.29) is 17.9 Å². The van der Waals surface area contributed by atoms with Crippen molar-refractivity contribution in [3.8, 4) is 5.75 Å². The summed E-state index contributed by atoms with van der Waals surface area (Å²) in [5.41, 5.74) is 0.729. The molecule has 0 spiro atoms. The van der Waals surface area contributed by atoms with Gasteiger partial charge >= 0.3 is 5.97 Å². The molecule has 0 saturated heterocycles. The fraction of sp³-hybridized carbons (Fsp3) is 0.579. The van der Waals surface area contributed by atoms with Gasteiger partial charge in [0.05, 0.1) is 5.41 Å². The Morgan fingerprint density at radius 1 is 1.24 bits per heavy atom. The van der Waals surface area contributed by atoms with Crippen molar-refractivity contribution in [2.24, 2.45) is 5.41 Å². The third-order valence-corrected chi connectivity index (χ3v) is 4.75. The lowest BCUT2D eigenvalue weighted by Gasteiger charge is -2.42. The van der Waals surface area contributed by atoms with Gasteiger partial charge in [0.25, 0.3) is 0 Å². The number of amides is 1. The van der Waals surface area contributed by atoms with Crippen molar-refractivity contribution in [3.63, 3.8) is 0 Å². The van der Waals surface area contributed by atoms with E-state index in [0.717, 1.165) is 31.2 Å². The minimum atomic E-state index is -1.01. The SMILES string of the molecule is CCOCCC1(C(=O)N(C)Cc2ccc(OCC(=O)O)cc2)CCC1. The lowest BCUT2D eigenvalue weighted by Crippen LogP contribution is -2.46. The second kappa shape index (κ2) is 8.85. The van der Waals surface area contributed by atoms with Crippen molar-refractivity contribution < 1.29 is 24.2 Å². The highest BCUT2D eigenvalue weighted by Gasteiger charge is 2.45. The molecule has 0 aliphatic heterocycles. The Kier molecular flexibility index (Phi) is 6.82. The monoisotopic (exact) mass is 349 g/mol. The van der Waals surface area contributed by atoms with Crippen molar-refractivity contribution in [2.45, 2.75) is 39.2 Å². The fourth-order valence-corrected chi connectivity index (χ4v) is 3.17. The van der Waals surface area contributed by atoms with Gasteiger partial charge in [-0.25, -0.2) is 4.79 Å². The number of carboxylic acid groups (broad SMARTS) is 1. The lowest BCUT2D eigenvalue weighted by atomic mass is 9.66. The van der Waals surface area contributed by atoms with E-state index in [1.807, 2.05) is 26.1 Å². The number of rotatable bonds is 10. The first kappa shape index (κ1) is 19.2. The van der Waals surface area contributed by atoms with E-state index < -0.39 is 5.97 Å². The maximum atomic E-state index is 12.9. The molecule has 1 N–H and O–H groups in total. The minimum absolute atomic E-state index is 0.185. The molecule has 0 heterocycles. The standard InChI is InChI=1S/C19H27NO5/c1-3-24-12-11-19(9-4-10-19)18(23)20(2)13-15-5-7-16(8-6-15)25-14-17(21)22/h5-8H,3-4,9-14H2,1-2H3,(H,21,22). The summed E-state index contributed by atoms with van der Waals surface area (Å²) in [5.74, 6) is -0.316. The van der Waals surface area contributed by atoms with Crippen LogP contribution in [0.1, 0.15) is 38.2 Å². The molecule has 1 aromatic carbocycles. The van der Waals surface area contributed by atoms with E-state index in [1.54, 1.807) is 17.0 Å². The molecule has 1 aliphatic carbocycles. The van der Waals surface area contributed by atoms with Crippen LogP contribution in [0.15, 0.2) is 24.3 Å². The summed E-state index contributed by atoms with van der Waals surface area (Å²) in [5, 5.41) is 8.61. The Bertz CT molecular complexity index is 580. The van der Waals surface area contributed by atoms with Gasteiger partial charge in [0.1, 0.15) is 5.75 Å². The number of hydrogen-bond donors (Lipinski definition) is 1. The third kappa shape index (κ3) is 5.19. The molecule has 1 amide bonds. The molecule has 0 radical (unpaired) electrons. The molecule has 0 unspecified atom stereocenters. The Morgan fingerprint density at radius 2 is 1.92 bits per heavy atom. The number of benzene rings is 1. The average Bonchev–Trinajstić information content (AvgIpc) is 2.56. The van der Waals surface area contributed by atoms with E-state index >= 15 is 0 Å². The normalized spacial score (nSPS) is 15.3. The van der Waals surface area contributed by atoms with Gasteiger partial charge in [-0.15, -0.1) is 0 Å². The highest BCUT2D eigenvalue weighted by atomic mass is 16.5. The van der Waals surface area contributed by atoms with Crippen molar-refractivity contribution in [3.05, 3.63) is 29.8 Å². The lowest BCUT2D eigenvalue weighted by molar-refractivity contribution is -0.148. The number of ether oxygens (including phenoxy) is 2. The molecule has 0 aromatic heterocycles. The van der Waals surface area contributed by atoms with Crippen LogP contribution in [-0.4, -0.2) is 48.8 Å². The molecule has 1 fully saturated rings. The number of carbonyl (C=O) groups is 2. The predicted molar refractivity (Wildman–Crippen MR) is 93.4 cm³/mol. The quantitative estimate of drug-likeness (QED) is 0.657. The largest absolute Gasteiger partial charge is 0.482 e. The van der Waals surface area contributed by atoms with E-state index in [0.29, 0.717) is 25.5 Å². The zero-order valence-corrected chi connectivity index (χ0v) is 15.0. The maximum Gasteiger partial charge on any atom is 0.341 e. The Hall–Kier alpha value is -2.08. The number of carboxylic acids is 1. The van der Waals surface area contributed by atoms with Crippen LogP contribution in [0.2, 0.25) is 0 Å². The Balaban J connectivity index is 1.90. The number of hydrogen-bond acceptors (Lipinski definition) is 4. The van der Waals surface area contributed by atoms with Gasteiger partial charge in [0.15, 0.2) is 6.61 Å². The number of aliphatic carboxylic acids is 1. The molecule has 1 aliphatic rings. The summed E-state index contributed by atoms with van der Waals surface area (Å²) in [7, 11) is 1.83. The Morgan fingerprint density at radius 3 is 2.44 bits per heavy atom. The number of carbonyl (C=O) groups excluding carboxylic acids is 1. The van der Waals surface area contributed by atoms with E-state index in [9.17, 15) is 9.59 Å². The molecule has 1 aromatic rings. The van der Waals surface area contributed by atoms with E-state index in [4.69, 9.17) is 14.6 Å². The smallest absolute Gasteiger partial charge is 0.341 e. The first-order valence-electron chi connectivity index (χ1n) is 8.74. The molecule has 0 atom stereocenters. The third-order valence-electron chi connectivity index (χ3n) is 4.75. The Labute approximate surface area is 148 Å². The van der Waals surface area contributed by atoms with Crippen LogP contribution in [0, 0.1) is 5.41 Å². The first-order chi connectivity index (χ1) is 12.0. The average molecular weight is 349 g/mol. The van der Waals surface area contributed by atoms with Gasteiger partial charge in [0, 0.05) is 26.8 Å². The molecular formula is C19H27NO5. The van der Waals surface area contributed by atoms with Crippen molar-refractivity contribution in [2.75, 3.05) is 26.9 Å². The molecule has 6 heteroatoms. The van der Waals surface area contributed by atoms with Crippen LogP contribution in [0.3, 0.4) is 0 Å². The van der Waals surface area contributed by atoms with Crippen LogP contribution in [0.5, 0.6) is 5.75 Å². The fourth-order valence-electron chi connectivity index (χ4n) is 3.17. The highest BCUT2D eigenvalue weighted by molar-refractivity contribution is 5.83. The molecule has 6 nitrogen and oxygen atoms in total. The topological polar surface area (TPSA) is 76.1 Å². The minimum Gasteiger partial charge on any atom is -0.482 e. The first-order valence-corrected chi connectivity index (χ1v) is 8.74. The van der Waals surface area contributed by atoms with Gasteiger partial charge in [-0.1, -0.05) is 18.6 Å². The molecular weight excluding hydrogens is 322 g/mol. The number of nitrogens with zero attached hydrogens (tertiary/aromatic N) is 1. The maximum absolute atomic E-state index is 12.9. The summed E-state index contributed by atoms with van der Waals surface area (Å²) in [6, 6.07) is 7.17. The summed E-state index contributed by atoms with van der Waals surface area (Å²) >= 11 is 0. The van der Waals surface area contributed by atoms with E-state index in [2.05, 4.69) is 0 Å². The van der Waals surface area contributed by atoms with E-state index in [1.165, 1.54) is 0 Å². The van der Waals surface area contributed by atoms with Crippen molar-refractivity contribution in [1.82, 2.24) is 4.90 Å². The van der Waals surface area contributed by atoms with Crippen LogP contribution in [0.4, 0.5) is 0 Å². The van der Waals surface area contributed by atoms with Gasteiger partial charge < -0.3 is 19.5 Å². The molecule has 1 saturated carbocycles. The summed E-state index contributed by atoms with van der Waals surface area (Å²) < 4.78 is 10.6. The van der Waals surface area contributed by atoms with Crippen LogP contribution in [0.25, 0.3) is 0 Å². The van der Waals surface area contributed by atoms with Gasteiger partial charge in [-0.3, -0.25) is 4.79 Å². The van der Waals surface area contributed by atoms with Crippen LogP contribution >= 0.6 is 0 Å². The van der Waals surface area contributed by atoms with Gasteiger partial charge in [0.2, 0.25) is 5.91 Å². The van der Waals surface area contributed by atoms with Gasteiger partial charge in [-0.2, -0.15) is 0 Å². The molecule has 138 valence electrons. The predicted octanol–water partition coefficient (Wildman–Crippen LogP) is 2.71. The molecule has 2 rings (SSSR count). The molecule has 25 heavy (non-hydrogen) atoms. The summed E-state index contributed by atoms with van der Waals surface area (Å²) in [6.45, 7) is 3.43. The van der Waals surface area contributed by atoms with Crippen LogP contribution in [-0.2, 0) is 20.9 Å². The van der Waals surface area contributed by atoms with Crippen molar-refractivity contribution in [1.29, 1.82) is 0 Å². The van der Waals surface area contributed by atoms with Crippen molar-refractivity contribution >= 4 is 11.9 Å². The zero-order chi connectivity index (χ0) is 18.3. The second-order valence-corrected chi connectivity index (χ2v) is 6.57.